The molecule has 4 heteroatoms. The van der Waals surface area contributed by atoms with Crippen LogP contribution in [-0.2, 0) is 11.3 Å². The molecule has 0 heterocycles. The number of hydrogen-bond acceptors (Lipinski definition) is 3. The predicted molar refractivity (Wildman–Crippen MR) is 99.0 cm³/mol. The van der Waals surface area contributed by atoms with Crippen LogP contribution in [-0.4, -0.2) is 19.6 Å². The van der Waals surface area contributed by atoms with Crippen LogP contribution in [0.4, 0.5) is 0 Å². The third-order valence-electron chi connectivity index (χ3n) is 3.99. The highest BCUT2D eigenvalue weighted by molar-refractivity contribution is 5.84. The molecule has 0 unspecified atom stereocenters. The van der Waals surface area contributed by atoms with Crippen molar-refractivity contribution in [1.82, 2.24) is 5.32 Å². The van der Waals surface area contributed by atoms with Crippen molar-refractivity contribution >= 4 is 16.7 Å². The molecule has 1 amide bonds. The summed E-state index contributed by atoms with van der Waals surface area (Å²) < 4.78 is 10.7. The van der Waals surface area contributed by atoms with Crippen LogP contribution in [0.15, 0.2) is 60.7 Å². The maximum atomic E-state index is 12.0. The van der Waals surface area contributed by atoms with Gasteiger partial charge in [-0.1, -0.05) is 35.9 Å². The van der Waals surface area contributed by atoms with Gasteiger partial charge in [0.1, 0.15) is 11.5 Å². The molecule has 0 saturated heterocycles. The number of fused-ring (bicyclic) bond motifs is 1. The standard InChI is InChI=1S/C21H21NO3/c1-15-3-8-19(9-4-15)25-14-21(23)22-13-16-5-6-18-12-20(24-2)10-7-17(18)11-16/h3-12H,13-14H2,1-2H3,(H,22,23). The van der Waals surface area contributed by atoms with E-state index in [1.165, 1.54) is 0 Å². The van der Waals surface area contributed by atoms with Crippen molar-refractivity contribution in [2.75, 3.05) is 13.7 Å². The summed E-state index contributed by atoms with van der Waals surface area (Å²) in [5.74, 6) is 1.39. The second-order valence-electron chi connectivity index (χ2n) is 5.93. The summed E-state index contributed by atoms with van der Waals surface area (Å²) in [5.41, 5.74) is 2.20. The number of aryl methyl sites for hydroxylation is 1. The van der Waals surface area contributed by atoms with E-state index in [1.54, 1.807) is 7.11 Å². The summed E-state index contributed by atoms with van der Waals surface area (Å²) in [6.45, 7) is 2.49. The van der Waals surface area contributed by atoms with Gasteiger partial charge in [-0.3, -0.25) is 4.79 Å². The molecule has 1 N–H and O–H groups in total. The minimum absolute atomic E-state index is 0.00778. The normalized spacial score (nSPS) is 10.5. The van der Waals surface area contributed by atoms with Gasteiger partial charge in [-0.25, -0.2) is 0 Å². The Balaban J connectivity index is 1.54. The molecule has 0 spiro atoms. The second kappa shape index (κ2) is 7.71. The van der Waals surface area contributed by atoms with Gasteiger partial charge in [-0.2, -0.15) is 0 Å². The maximum Gasteiger partial charge on any atom is 0.258 e. The van der Waals surface area contributed by atoms with Gasteiger partial charge in [0.2, 0.25) is 0 Å². The zero-order chi connectivity index (χ0) is 17.6. The smallest absolute Gasteiger partial charge is 0.258 e. The van der Waals surface area contributed by atoms with E-state index < -0.39 is 0 Å². The number of amides is 1. The summed E-state index contributed by atoms with van der Waals surface area (Å²) in [6.07, 6.45) is 0. The van der Waals surface area contributed by atoms with E-state index in [1.807, 2.05) is 61.5 Å². The first kappa shape index (κ1) is 16.8. The van der Waals surface area contributed by atoms with Gasteiger partial charge in [0.05, 0.1) is 7.11 Å². The molecule has 0 atom stereocenters. The third-order valence-corrected chi connectivity index (χ3v) is 3.99. The van der Waals surface area contributed by atoms with Gasteiger partial charge < -0.3 is 14.8 Å². The summed E-state index contributed by atoms with van der Waals surface area (Å²) in [7, 11) is 1.66. The highest BCUT2D eigenvalue weighted by Crippen LogP contribution is 2.21. The Labute approximate surface area is 147 Å². The van der Waals surface area contributed by atoms with Gasteiger partial charge >= 0.3 is 0 Å². The lowest BCUT2D eigenvalue weighted by Gasteiger charge is -2.09. The van der Waals surface area contributed by atoms with Gasteiger partial charge in [0.25, 0.3) is 5.91 Å². The van der Waals surface area contributed by atoms with E-state index in [9.17, 15) is 4.79 Å². The molecule has 0 radical (unpaired) electrons. The van der Waals surface area contributed by atoms with Gasteiger partial charge in [0.15, 0.2) is 6.61 Å². The average molecular weight is 335 g/mol. The molecular weight excluding hydrogens is 314 g/mol. The fourth-order valence-corrected chi connectivity index (χ4v) is 2.55. The molecule has 25 heavy (non-hydrogen) atoms. The Morgan fingerprint density at radius 3 is 2.36 bits per heavy atom. The number of hydrogen-bond donors (Lipinski definition) is 1. The minimum Gasteiger partial charge on any atom is -0.497 e. The molecule has 0 aliphatic heterocycles. The summed E-state index contributed by atoms with van der Waals surface area (Å²) in [4.78, 5) is 12.0. The van der Waals surface area contributed by atoms with E-state index in [-0.39, 0.29) is 12.5 Å². The quantitative estimate of drug-likeness (QED) is 0.744. The van der Waals surface area contributed by atoms with Crippen LogP contribution in [0.2, 0.25) is 0 Å². The first-order valence-corrected chi connectivity index (χ1v) is 8.17. The van der Waals surface area contributed by atoms with Gasteiger partial charge in [-0.15, -0.1) is 0 Å². The zero-order valence-corrected chi connectivity index (χ0v) is 14.4. The first-order valence-electron chi connectivity index (χ1n) is 8.17. The van der Waals surface area contributed by atoms with Crippen LogP contribution in [0.25, 0.3) is 10.8 Å². The van der Waals surface area contributed by atoms with Crippen molar-refractivity contribution in [3.8, 4) is 11.5 Å². The zero-order valence-electron chi connectivity index (χ0n) is 14.4. The third kappa shape index (κ3) is 4.51. The summed E-state index contributed by atoms with van der Waals surface area (Å²) in [5, 5.41) is 5.10. The lowest BCUT2D eigenvalue weighted by molar-refractivity contribution is -0.123. The molecule has 0 aliphatic carbocycles. The fraction of sp³-hybridized carbons (Fsp3) is 0.190. The number of carbonyl (C=O) groups excluding carboxylic acids is 1. The van der Waals surface area contributed by atoms with E-state index in [0.717, 1.165) is 27.6 Å². The van der Waals surface area contributed by atoms with Crippen molar-refractivity contribution in [1.29, 1.82) is 0 Å². The van der Waals surface area contributed by atoms with Crippen molar-refractivity contribution in [2.45, 2.75) is 13.5 Å². The van der Waals surface area contributed by atoms with Gasteiger partial charge in [-0.05, 0) is 53.6 Å². The van der Waals surface area contributed by atoms with E-state index in [2.05, 4.69) is 11.4 Å². The van der Waals surface area contributed by atoms with Crippen LogP contribution in [0.1, 0.15) is 11.1 Å². The Kier molecular flexibility index (Phi) is 5.19. The van der Waals surface area contributed by atoms with Gasteiger partial charge in [0, 0.05) is 6.54 Å². The second-order valence-corrected chi connectivity index (χ2v) is 5.93. The number of nitrogens with one attached hydrogen (secondary N) is 1. The minimum atomic E-state index is -0.143. The number of carbonyl (C=O) groups is 1. The van der Waals surface area contributed by atoms with E-state index in [0.29, 0.717) is 12.3 Å². The van der Waals surface area contributed by atoms with Crippen LogP contribution < -0.4 is 14.8 Å². The Morgan fingerprint density at radius 1 is 0.920 bits per heavy atom. The predicted octanol–water partition coefficient (Wildman–Crippen LogP) is 3.85. The van der Waals surface area contributed by atoms with Crippen LogP contribution in [0.3, 0.4) is 0 Å². The first-order chi connectivity index (χ1) is 12.1. The Morgan fingerprint density at radius 2 is 1.60 bits per heavy atom. The number of ether oxygens (including phenoxy) is 2. The molecule has 0 saturated carbocycles. The van der Waals surface area contributed by atoms with E-state index >= 15 is 0 Å². The molecular formula is C21H21NO3. The lowest BCUT2D eigenvalue weighted by atomic mass is 10.1. The maximum absolute atomic E-state index is 12.0. The number of benzene rings is 3. The van der Waals surface area contributed by atoms with Crippen molar-refractivity contribution in [2.24, 2.45) is 0 Å². The molecule has 0 aromatic heterocycles. The average Bonchev–Trinajstić information content (AvgIpc) is 2.65. The molecule has 3 aromatic carbocycles. The molecule has 3 aromatic rings. The Hall–Kier alpha value is -3.01. The SMILES string of the molecule is COc1ccc2cc(CNC(=O)COc3ccc(C)cc3)ccc2c1. The highest BCUT2D eigenvalue weighted by Gasteiger charge is 2.04. The summed E-state index contributed by atoms with van der Waals surface area (Å²) in [6, 6.07) is 19.7. The van der Waals surface area contributed by atoms with Crippen LogP contribution in [0, 0.1) is 6.92 Å². The van der Waals surface area contributed by atoms with E-state index in [4.69, 9.17) is 9.47 Å². The molecule has 0 bridgehead atoms. The monoisotopic (exact) mass is 335 g/mol. The van der Waals surface area contributed by atoms with Crippen LogP contribution in [0.5, 0.6) is 11.5 Å². The van der Waals surface area contributed by atoms with Crippen LogP contribution >= 0.6 is 0 Å². The molecule has 4 nitrogen and oxygen atoms in total. The lowest BCUT2D eigenvalue weighted by Crippen LogP contribution is -2.28. The summed E-state index contributed by atoms with van der Waals surface area (Å²) >= 11 is 0. The number of rotatable bonds is 6. The molecule has 3 rings (SSSR count). The van der Waals surface area contributed by atoms with Crippen molar-refractivity contribution < 1.29 is 14.3 Å². The number of methoxy groups -OCH3 is 1. The fourth-order valence-electron chi connectivity index (χ4n) is 2.55. The Bertz CT molecular complexity index is 872. The molecule has 128 valence electrons. The van der Waals surface area contributed by atoms with Crippen molar-refractivity contribution in [3.05, 3.63) is 71.8 Å². The molecule has 0 fully saturated rings. The topological polar surface area (TPSA) is 47.6 Å². The molecule has 0 aliphatic rings. The van der Waals surface area contributed by atoms with Crippen molar-refractivity contribution in [3.63, 3.8) is 0 Å². The largest absolute Gasteiger partial charge is 0.497 e. The highest BCUT2D eigenvalue weighted by atomic mass is 16.5.